The molecule has 0 spiro atoms. The first-order valence-corrected chi connectivity index (χ1v) is 5.78. The third kappa shape index (κ3) is 7.21. The molecule has 9 N–H and O–H groups in total. The summed E-state index contributed by atoms with van der Waals surface area (Å²) in [5.74, 6) is -1.98. The summed E-state index contributed by atoms with van der Waals surface area (Å²) >= 11 is 0. The Labute approximate surface area is 110 Å². The summed E-state index contributed by atoms with van der Waals surface area (Å²) in [5.41, 5.74) is 15.6. The van der Waals surface area contributed by atoms with Crippen LogP contribution in [-0.4, -0.2) is 52.8 Å². The average Bonchev–Trinajstić information content (AvgIpc) is 2.30. The van der Waals surface area contributed by atoms with Gasteiger partial charge in [0.25, 0.3) is 0 Å². The second kappa shape index (κ2) is 8.27. The van der Waals surface area contributed by atoms with E-state index in [1.54, 1.807) is 0 Å². The molecular weight excluding hydrogens is 254 g/mol. The number of rotatable bonds is 8. The molecule has 110 valence electrons. The monoisotopic (exact) mass is 275 g/mol. The first kappa shape index (κ1) is 17.1. The van der Waals surface area contributed by atoms with Crippen LogP contribution < -0.4 is 22.5 Å². The van der Waals surface area contributed by atoms with E-state index in [1.165, 1.54) is 6.92 Å². The van der Waals surface area contributed by atoms with Crippen molar-refractivity contribution in [3.05, 3.63) is 0 Å². The molecule has 0 heterocycles. The van der Waals surface area contributed by atoms with Crippen LogP contribution in [0.1, 0.15) is 19.8 Å². The highest BCUT2D eigenvalue weighted by Gasteiger charge is 2.25. The molecule has 9 heteroatoms. The number of guanidine groups is 1. The largest absolute Gasteiger partial charge is 0.480 e. The number of carbonyl (C=O) groups is 2. The molecule has 0 aromatic carbocycles. The number of nitrogens with two attached hydrogens (primary N) is 3. The van der Waals surface area contributed by atoms with Crippen LogP contribution in [0, 0.1) is 0 Å². The van der Waals surface area contributed by atoms with Crippen LogP contribution in [0.4, 0.5) is 0 Å². The van der Waals surface area contributed by atoms with Gasteiger partial charge in [-0.1, -0.05) is 0 Å². The van der Waals surface area contributed by atoms with E-state index >= 15 is 0 Å². The van der Waals surface area contributed by atoms with E-state index in [9.17, 15) is 9.59 Å². The summed E-state index contributed by atoms with van der Waals surface area (Å²) in [6.45, 7) is 1.61. The summed E-state index contributed by atoms with van der Waals surface area (Å²) in [6, 6.07) is -2.26. The fourth-order valence-electron chi connectivity index (χ4n) is 1.25. The van der Waals surface area contributed by atoms with Gasteiger partial charge in [-0.2, -0.15) is 0 Å². The van der Waals surface area contributed by atoms with Crippen LogP contribution in [0.15, 0.2) is 4.99 Å². The van der Waals surface area contributed by atoms with Gasteiger partial charge in [0.15, 0.2) is 5.96 Å². The van der Waals surface area contributed by atoms with Crippen molar-refractivity contribution in [1.29, 1.82) is 0 Å². The van der Waals surface area contributed by atoms with E-state index in [0.717, 1.165) is 0 Å². The van der Waals surface area contributed by atoms with Gasteiger partial charge in [-0.05, 0) is 19.8 Å². The molecule has 0 aliphatic carbocycles. The van der Waals surface area contributed by atoms with Crippen LogP contribution in [-0.2, 0) is 9.59 Å². The third-order valence-electron chi connectivity index (χ3n) is 2.38. The Morgan fingerprint density at radius 3 is 2.37 bits per heavy atom. The maximum absolute atomic E-state index is 11.5. The van der Waals surface area contributed by atoms with Crippen LogP contribution in [0.25, 0.3) is 0 Å². The van der Waals surface area contributed by atoms with E-state index < -0.39 is 30.1 Å². The second-order valence-corrected chi connectivity index (χ2v) is 4.11. The number of aliphatic imine (C=N–C) groups is 1. The van der Waals surface area contributed by atoms with E-state index in [0.29, 0.717) is 6.42 Å². The van der Waals surface area contributed by atoms with Gasteiger partial charge in [0.1, 0.15) is 12.1 Å². The van der Waals surface area contributed by atoms with Gasteiger partial charge < -0.3 is 32.7 Å². The first-order chi connectivity index (χ1) is 8.75. The van der Waals surface area contributed by atoms with Crippen LogP contribution >= 0.6 is 0 Å². The molecule has 3 atom stereocenters. The lowest BCUT2D eigenvalue weighted by Gasteiger charge is -2.19. The molecule has 0 rings (SSSR count). The predicted molar refractivity (Wildman–Crippen MR) is 69.1 cm³/mol. The number of hydrogen-bond acceptors (Lipinski definition) is 5. The highest BCUT2D eigenvalue weighted by Crippen LogP contribution is 2.00. The minimum absolute atomic E-state index is 0.0768. The van der Waals surface area contributed by atoms with Gasteiger partial charge in [0, 0.05) is 6.54 Å². The zero-order chi connectivity index (χ0) is 15.0. The zero-order valence-electron chi connectivity index (χ0n) is 10.7. The Morgan fingerprint density at radius 1 is 1.37 bits per heavy atom. The van der Waals surface area contributed by atoms with Crippen molar-refractivity contribution in [3.63, 3.8) is 0 Å². The number of carbonyl (C=O) groups excluding carboxylic acids is 1. The Morgan fingerprint density at radius 2 is 1.95 bits per heavy atom. The van der Waals surface area contributed by atoms with Crippen LogP contribution in [0.3, 0.4) is 0 Å². The molecule has 0 aromatic rings. The number of carboxylic acid groups (broad SMARTS) is 1. The van der Waals surface area contributed by atoms with E-state index in [-0.39, 0.29) is 18.9 Å². The van der Waals surface area contributed by atoms with Gasteiger partial charge in [-0.15, -0.1) is 0 Å². The minimum atomic E-state index is -1.18. The lowest BCUT2D eigenvalue weighted by Crippen LogP contribution is -2.52. The molecule has 0 unspecified atom stereocenters. The van der Waals surface area contributed by atoms with E-state index in [2.05, 4.69) is 10.3 Å². The molecule has 0 saturated heterocycles. The maximum Gasteiger partial charge on any atom is 0.326 e. The predicted octanol–water partition coefficient (Wildman–Crippen LogP) is -2.68. The number of aliphatic hydroxyl groups excluding tert-OH is 1. The molecule has 0 radical (unpaired) electrons. The second-order valence-electron chi connectivity index (χ2n) is 4.11. The van der Waals surface area contributed by atoms with E-state index in [1.807, 2.05) is 0 Å². The molecule has 0 saturated carbocycles. The molecule has 0 bridgehead atoms. The molecule has 0 fully saturated rings. The fourth-order valence-corrected chi connectivity index (χ4v) is 1.25. The standard InChI is InChI=1S/C10H21N5O4/c1-5(16)7(11)8(17)15-6(9(18)19)3-2-4-14-10(12)13/h5-7,16H,2-4,11H2,1H3,(H,15,17)(H,18,19)(H4,12,13,14)/t5-,6-,7+/m0/s1. The van der Waals surface area contributed by atoms with Crippen LogP contribution in [0.5, 0.6) is 0 Å². The Balaban J connectivity index is 4.31. The molecule has 19 heavy (non-hydrogen) atoms. The Bertz CT molecular complexity index is 341. The Kier molecular flexibility index (Phi) is 7.46. The summed E-state index contributed by atoms with van der Waals surface area (Å²) < 4.78 is 0. The van der Waals surface area contributed by atoms with Gasteiger partial charge in [0.2, 0.25) is 5.91 Å². The lowest BCUT2D eigenvalue weighted by atomic mass is 10.1. The SMILES string of the molecule is C[C@H](O)[C@@H](N)C(=O)N[C@@H](CCCN=C(N)N)C(=O)O. The number of aliphatic carboxylic acids is 1. The number of hydrogen-bond donors (Lipinski definition) is 6. The summed E-state index contributed by atoms with van der Waals surface area (Å²) in [5, 5.41) is 20.3. The highest BCUT2D eigenvalue weighted by molar-refractivity contribution is 5.87. The van der Waals surface area contributed by atoms with Gasteiger partial charge in [-0.25, -0.2) is 4.79 Å². The normalized spacial score (nSPS) is 15.1. The van der Waals surface area contributed by atoms with Crippen molar-refractivity contribution in [2.24, 2.45) is 22.2 Å². The number of nitrogens with one attached hydrogen (secondary N) is 1. The molecule has 0 aliphatic heterocycles. The van der Waals surface area contributed by atoms with Gasteiger partial charge >= 0.3 is 5.97 Å². The number of amides is 1. The maximum atomic E-state index is 11.5. The van der Waals surface area contributed by atoms with Crippen molar-refractivity contribution in [1.82, 2.24) is 5.32 Å². The summed E-state index contributed by atoms with van der Waals surface area (Å²) in [7, 11) is 0. The molecule has 9 nitrogen and oxygen atoms in total. The number of aliphatic hydroxyl groups is 1. The van der Waals surface area contributed by atoms with Crippen molar-refractivity contribution in [2.75, 3.05) is 6.54 Å². The average molecular weight is 275 g/mol. The zero-order valence-corrected chi connectivity index (χ0v) is 10.7. The molecule has 0 aliphatic rings. The quantitative estimate of drug-likeness (QED) is 0.159. The van der Waals surface area contributed by atoms with Crippen molar-refractivity contribution < 1.29 is 19.8 Å². The smallest absolute Gasteiger partial charge is 0.326 e. The summed E-state index contributed by atoms with van der Waals surface area (Å²) in [6.07, 6.45) is -0.514. The highest BCUT2D eigenvalue weighted by atomic mass is 16.4. The number of carboxylic acids is 1. The first-order valence-electron chi connectivity index (χ1n) is 5.78. The molecular formula is C10H21N5O4. The topological polar surface area (TPSA) is 177 Å². The van der Waals surface area contributed by atoms with E-state index in [4.69, 9.17) is 27.4 Å². The van der Waals surface area contributed by atoms with Gasteiger partial charge in [0.05, 0.1) is 6.10 Å². The van der Waals surface area contributed by atoms with Crippen molar-refractivity contribution >= 4 is 17.8 Å². The van der Waals surface area contributed by atoms with Crippen molar-refractivity contribution in [2.45, 2.75) is 38.0 Å². The fraction of sp³-hybridized carbons (Fsp3) is 0.700. The third-order valence-corrected chi connectivity index (χ3v) is 2.38. The number of nitrogens with zero attached hydrogens (tertiary/aromatic N) is 1. The van der Waals surface area contributed by atoms with Crippen LogP contribution in [0.2, 0.25) is 0 Å². The van der Waals surface area contributed by atoms with Gasteiger partial charge in [-0.3, -0.25) is 9.79 Å². The Hall–Kier alpha value is -1.87. The molecule has 0 aromatic heterocycles. The molecule has 1 amide bonds. The summed E-state index contributed by atoms with van der Waals surface area (Å²) in [4.78, 5) is 26.2. The lowest BCUT2D eigenvalue weighted by molar-refractivity contribution is -0.142. The minimum Gasteiger partial charge on any atom is -0.480 e. The van der Waals surface area contributed by atoms with Crippen molar-refractivity contribution in [3.8, 4) is 0 Å².